The molecule has 116 valence electrons. The molecule has 0 aliphatic heterocycles. The molecule has 2 aromatic carbocycles. The highest BCUT2D eigenvalue weighted by Gasteiger charge is 2.44. The molecule has 0 spiro atoms. The van der Waals surface area contributed by atoms with E-state index in [0.717, 1.165) is 0 Å². The van der Waals surface area contributed by atoms with Crippen LogP contribution in [0.3, 0.4) is 0 Å². The molecule has 0 heterocycles. The van der Waals surface area contributed by atoms with Crippen LogP contribution in [0.4, 0.5) is 0 Å². The van der Waals surface area contributed by atoms with E-state index in [-0.39, 0.29) is 5.56 Å². The van der Waals surface area contributed by atoms with E-state index in [4.69, 9.17) is 5.11 Å². The number of hydrogen-bond acceptors (Lipinski definition) is 4. The lowest BCUT2D eigenvalue weighted by molar-refractivity contribution is -0.151. The van der Waals surface area contributed by atoms with Crippen molar-refractivity contribution in [1.29, 1.82) is 0 Å². The zero-order valence-corrected chi connectivity index (χ0v) is 12.0. The monoisotopic (exact) mass is 322 g/mol. The van der Waals surface area contributed by atoms with Gasteiger partial charge in [-0.2, -0.15) is 0 Å². The number of benzene rings is 2. The normalized spacial score (nSPS) is 15.1. The van der Waals surface area contributed by atoms with Crippen LogP contribution in [-0.2, 0) is 26.4 Å². The Morgan fingerprint density at radius 3 is 2.36 bits per heavy atom. The first-order valence-electron chi connectivity index (χ1n) is 6.17. The fraction of sp³-hybridized carbons (Fsp3) is 0.143. The Balaban J connectivity index is 2.77. The van der Waals surface area contributed by atoms with Crippen LogP contribution < -0.4 is 4.72 Å². The fourth-order valence-corrected chi connectivity index (χ4v) is 2.94. The third kappa shape index (κ3) is 2.98. The van der Waals surface area contributed by atoms with Crippen LogP contribution in [0.1, 0.15) is 12.0 Å². The Morgan fingerprint density at radius 1 is 1.14 bits per heavy atom. The molecule has 0 fully saturated rings. The SMILES string of the molecule is O=C(O)CC(NS(=O)[O-])(C(=O)O)c1cccc2ccccc12. The van der Waals surface area contributed by atoms with Crippen LogP contribution in [-0.4, -0.2) is 30.9 Å². The maximum atomic E-state index is 11.7. The van der Waals surface area contributed by atoms with Crippen LogP contribution in [0.5, 0.6) is 0 Å². The largest absolute Gasteiger partial charge is 0.760 e. The minimum atomic E-state index is -2.96. The van der Waals surface area contributed by atoms with Gasteiger partial charge in [0.25, 0.3) is 0 Å². The van der Waals surface area contributed by atoms with Crippen LogP contribution in [0, 0.1) is 0 Å². The van der Waals surface area contributed by atoms with Gasteiger partial charge in [0, 0.05) is 11.3 Å². The van der Waals surface area contributed by atoms with Crippen molar-refractivity contribution < 1.29 is 28.6 Å². The van der Waals surface area contributed by atoms with Crippen LogP contribution in [0.25, 0.3) is 10.8 Å². The summed E-state index contributed by atoms with van der Waals surface area (Å²) in [6.07, 6.45) is -0.926. The van der Waals surface area contributed by atoms with E-state index < -0.39 is 35.2 Å². The number of fused-ring (bicyclic) bond motifs is 1. The number of hydrogen-bond donors (Lipinski definition) is 3. The molecule has 0 bridgehead atoms. The van der Waals surface area contributed by atoms with Crippen molar-refractivity contribution in [2.45, 2.75) is 12.0 Å². The molecule has 2 atom stereocenters. The van der Waals surface area contributed by atoms with E-state index in [2.05, 4.69) is 0 Å². The molecule has 0 amide bonds. The van der Waals surface area contributed by atoms with Crippen molar-refractivity contribution in [2.24, 2.45) is 0 Å². The lowest BCUT2D eigenvalue weighted by Gasteiger charge is -2.31. The number of carboxylic acids is 2. The predicted octanol–water partition coefficient (Wildman–Crippen LogP) is 0.978. The molecule has 0 aliphatic carbocycles. The van der Waals surface area contributed by atoms with Crippen molar-refractivity contribution in [3.05, 3.63) is 48.0 Å². The standard InChI is InChI=1S/C14H13NO6S/c16-12(17)8-14(13(18)19,15-22(20)21)11-7-3-5-9-4-1-2-6-10(9)11/h1-7,15H,8H2,(H,16,17)(H,18,19)(H,20,21)/p-1. The van der Waals surface area contributed by atoms with Crippen molar-refractivity contribution >= 4 is 34.0 Å². The zero-order chi connectivity index (χ0) is 16.3. The maximum absolute atomic E-state index is 11.7. The topological polar surface area (TPSA) is 127 Å². The summed E-state index contributed by atoms with van der Waals surface area (Å²) in [5, 5.41) is 19.7. The summed E-state index contributed by atoms with van der Waals surface area (Å²) in [6.45, 7) is 0. The van der Waals surface area contributed by atoms with E-state index in [9.17, 15) is 23.5 Å². The van der Waals surface area contributed by atoms with Crippen LogP contribution in [0.2, 0.25) is 0 Å². The summed E-state index contributed by atoms with van der Waals surface area (Å²) in [5.41, 5.74) is -2.20. The average molecular weight is 322 g/mol. The summed E-state index contributed by atoms with van der Waals surface area (Å²) in [7, 11) is 0. The second kappa shape index (κ2) is 6.22. The van der Waals surface area contributed by atoms with E-state index in [1.165, 1.54) is 6.07 Å². The average Bonchev–Trinajstić information content (AvgIpc) is 2.44. The first-order chi connectivity index (χ1) is 10.4. The Kier molecular flexibility index (Phi) is 4.55. The van der Waals surface area contributed by atoms with Gasteiger partial charge < -0.3 is 14.8 Å². The highest BCUT2D eigenvalue weighted by molar-refractivity contribution is 7.77. The van der Waals surface area contributed by atoms with Crippen LogP contribution >= 0.6 is 0 Å². The molecule has 0 aromatic heterocycles. The van der Waals surface area contributed by atoms with Gasteiger partial charge in [-0.25, -0.2) is 9.52 Å². The molecule has 7 nitrogen and oxygen atoms in total. The quantitative estimate of drug-likeness (QED) is 0.680. The molecule has 0 radical (unpaired) electrons. The molecule has 2 aromatic rings. The van der Waals surface area contributed by atoms with E-state index in [0.29, 0.717) is 10.8 Å². The first-order valence-corrected chi connectivity index (χ1v) is 7.25. The predicted molar refractivity (Wildman–Crippen MR) is 77.6 cm³/mol. The summed E-state index contributed by atoms with van der Waals surface area (Å²) in [4.78, 5) is 22.8. The molecular weight excluding hydrogens is 310 g/mol. The van der Waals surface area contributed by atoms with Crippen molar-refractivity contribution in [2.75, 3.05) is 0 Å². The minimum Gasteiger partial charge on any atom is -0.760 e. The van der Waals surface area contributed by atoms with Crippen molar-refractivity contribution in [1.82, 2.24) is 4.72 Å². The van der Waals surface area contributed by atoms with E-state index in [1.54, 1.807) is 36.4 Å². The summed E-state index contributed by atoms with van der Waals surface area (Å²) < 4.78 is 24.0. The molecule has 0 saturated carbocycles. The van der Waals surface area contributed by atoms with Crippen LogP contribution in [0.15, 0.2) is 42.5 Å². The third-order valence-corrected chi connectivity index (χ3v) is 3.80. The number of aliphatic carboxylic acids is 2. The second-order valence-corrected chi connectivity index (χ2v) is 5.32. The number of rotatable bonds is 6. The lowest BCUT2D eigenvalue weighted by atomic mass is 9.84. The number of carboxylic acid groups (broad SMARTS) is 2. The Hall–Kier alpha value is -2.29. The summed E-state index contributed by atoms with van der Waals surface area (Å²) in [5.74, 6) is -3.02. The Bertz CT molecular complexity index is 739. The maximum Gasteiger partial charge on any atom is 0.330 e. The van der Waals surface area contributed by atoms with Crippen molar-refractivity contribution in [3.8, 4) is 0 Å². The minimum absolute atomic E-state index is 0.0738. The summed E-state index contributed by atoms with van der Waals surface area (Å²) in [6, 6.07) is 11.4. The summed E-state index contributed by atoms with van der Waals surface area (Å²) >= 11 is -2.96. The molecular formula is C14H12NO6S-. The van der Waals surface area contributed by atoms with E-state index >= 15 is 0 Å². The van der Waals surface area contributed by atoms with Gasteiger partial charge in [-0.05, 0) is 16.3 Å². The molecule has 2 unspecified atom stereocenters. The first kappa shape index (κ1) is 16.1. The van der Waals surface area contributed by atoms with Gasteiger partial charge in [0.05, 0.1) is 6.42 Å². The molecule has 22 heavy (non-hydrogen) atoms. The van der Waals surface area contributed by atoms with Gasteiger partial charge in [-0.1, -0.05) is 42.5 Å². The zero-order valence-electron chi connectivity index (χ0n) is 11.2. The highest BCUT2D eigenvalue weighted by atomic mass is 32.2. The van der Waals surface area contributed by atoms with Gasteiger partial charge in [-0.15, -0.1) is 0 Å². The van der Waals surface area contributed by atoms with Gasteiger partial charge in [0.1, 0.15) is 0 Å². The van der Waals surface area contributed by atoms with E-state index in [1.807, 2.05) is 4.72 Å². The highest BCUT2D eigenvalue weighted by Crippen LogP contribution is 2.32. The molecule has 2 rings (SSSR count). The van der Waals surface area contributed by atoms with Gasteiger partial charge in [0.15, 0.2) is 5.54 Å². The fourth-order valence-electron chi connectivity index (χ4n) is 2.39. The van der Waals surface area contributed by atoms with Gasteiger partial charge in [-0.3, -0.25) is 9.00 Å². The Labute approximate surface area is 128 Å². The smallest absolute Gasteiger partial charge is 0.330 e. The molecule has 8 heteroatoms. The molecule has 3 N–H and O–H groups in total. The Morgan fingerprint density at radius 2 is 1.77 bits per heavy atom. The van der Waals surface area contributed by atoms with Gasteiger partial charge >= 0.3 is 11.9 Å². The molecule has 0 aliphatic rings. The molecule has 0 saturated heterocycles. The third-order valence-electron chi connectivity index (χ3n) is 3.29. The number of carbonyl (C=O) groups is 2. The lowest BCUT2D eigenvalue weighted by Crippen LogP contribution is -2.51. The second-order valence-electron chi connectivity index (χ2n) is 4.64. The number of nitrogens with one attached hydrogen (secondary N) is 1. The van der Waals surface area contributed by atoms with Gasteiger partial charge in [0.2, 0.25) is 0 Å². The van der Waals surface area contributed by atoms with Crippen molar-refractivity contribution in [3.63, 3.8) is 0 Å².